The molecule has 0 saturated carbocycles. The number of hydrogen-bond donors (Lipinski definition) is 1. The standard InChI is InChI=1S/C12H13N3O5/c1-3-8-11(12(18)19-2)13-14-15(8)5-7-4-9(16)10(17)6-20-7/h4,6,17H,3,5H2,1-2H3. The van der Waals surface area contributed by atoms with Crippen LogP contribution in [0, 0.1) is 0 Å². The highest BCUT2D eigenvalue weighted by Crippen LogP contribution is 2.11. The fourth-order valence-electron chi connectivity index (χ4n) is 1.74. The largest absolute Gasteiger partial charge is 0.502 e. The molecule has 20 heavy (non-hydrogen) atoms. The van der Waals surface area contributed by atoms with Crippen molar-refractivity contribution >= 4 is 5.97 Å². The molecular formula is C12H13N3O5. The zero-order chi connectivity index (χ0) is 14.7. The minimum Gasteiger partial charge on any atom is -0.502 e. The van der Waals surface area contributed by atoms with Gasteiger partial charge in [0, 0.05) is 6.07 Å². The summed E-state index contributed by atoms with van der Waals surface area (Å²) in [6, 6.07) is 1.16. The fraction of sp³-hybridized carbons (Fsp3) is 0.333. The van der Waals surface area contributed by atoms with E-state index in [1.807, 2.05) is 6.92 Å². The van der Waals surface area contributed by atoms with Crippen LogP contribution in [0.15, 0.2) is 21.5 Å². The Morgan fingerprint density at radius 1 is 1.55 bits per heavy atom. The molecule has 0 bridgehead atoms. The topological polar surface area (TPSA) is 107 Å². The number of carbonyl (C=O) groups excluding carboxylic acids is 1. The first-order chi connectivity index (χ1) is 9.56. The normalized spacial score (nSPS) is 10.5. The maximum absolute atomic E-state index is 11.5. The maximum atomic E-state index is 11.5. The minimum absolute atomic E-state index is 0.128. The molecule has 0 fully saturated rings. The summed E-state index contributed by atoms with van der Waals surface area (Å²) in [5, 5.41) is 16.7. The van der Waals surface area contributed by atoms with Crippen LogP contribution in [0.5, 0.6) is 5.75 Å². The molecule has 2 heterocycles. The van der Waals surface area contributed by atoms with Crippen LogP contribution in [0.3, 0.4) is 0 Å². The van der Waals surface area contributed by atoms with Crippen LogP contribution in [0.2, 0.25) is 0 Å². The molecule has 0 spiro atoms. The van der Waals surface area contributed by atoms with Crippen LogP contribution in [0.25, 0.3) is 0 Å². The van der Waals surface area contributed by atoms with Crippen LogP contribution in [-0.4, -0.2) is 33.2 Å². The first-order valence-corrected chi connectivity index (χ1v) is 5.88. The monoisotopic (exact) mass is 279 g/mol. The Morgan fingerprint density at radius 3 is 2.90 bits per heavy atom. The molecule has 0 amide bonds. The first-order valence-electron chi connectivity index (χ1n) is 5.88. The van der Waals surface area contributed by atoms with Gasteiger partial charge < -0.3 is 14.3 Å². The van der Waals surface area contributed by atoms with Crippen LogP contribution < -0.4 is 5.43 Å². The molecule has 0 unspecified atom stereocenters. The number of esters is 1. The number of methoxy groups -OCH3 is 1. The third kappa shape index (κ3) is 2.53. The van der Waals surface area contributed by atoms with E-state index in [4.69, 9.17) is 9.52 Å². The van der Waals surface area contributed by atoms with Gasteiger partial charge in [-0.1, -0.05) is 12.1 Å². The van der Waals surface area contributed by atoms with Gasteiger partial charge in [-0.2, -0.15) is 0 Å². The molecule has 2 aromatic rings. The van der Waals surface area contributed by atoms with Crippen molar-refractivity contribution in [2.45, 2.75) is 19.9 Å². The Bertz CT molecular complexity index is 689. The van der Waals surface area contributed by atoms with Gasteiger partial charge in [-0.05, 0) is 6.42 Å². The SMILES string of the molecule is CCc1c(C(=O)OC)nnn1Cc1cc(=O)c(O)co1. The van der Waals surface area contributed by atoms with E-state index in [0.717, 1.165) is 12.3 Å². The van der Waals surface area contributed by atoms with Crippen molar-refractivity contribution in [3.63, 3.8) is 0 Å². The lowest BCUT2D eigenvalue weighted by molar-refractivity contribution is 0.0592. The second-order valence-corrected chi connectivity index (χ2v) is 3.98. The van der Waals surface area contributed by atoms with Gasteiger partial charge in [0.25, 0.3) is 0 Å². The van der Waals surface area contributed by atoms with Gasteiger partial charge in [0.15, 0.2) is 11.4 Å². The molecule has 1 N–H and O–H groups in total. The Kier molecular flexibility index (Phi) is 3.83. The van der Waals surface area contributed by atoms with Crippen molar-refractivity contribution in [2.75, 3.05) is 7.11 Å². The molecule has 0 radical (unpaired) electrons. The van der Waals surface area contributed by atoms with Crippen LogP contribution in [-0.2, 0) is 17.7 Å². The van der Waals surface area contributed by atoms with Crippen LogP contribution >= 0.6 is 0 Å². The predicted octanol–water partition coefficient (Wildman–Crippen LogP) is 0.334. The molecule has 0 aliphatic carbocycles. The van der Waals surface area contributed by atoms with Crippen LogP contribution in [0.1, 0.15) is 28.9 Å². The molecule has 2 aromatic heterocycles. The molecule has 0 aliphatic heterocycles. The van der Waals surface area contributed by atoms with Gasteiger partial charge in [0.1, 0.15) is 18.6 Å². The molecule has 106 valence electrons. The first kappa shape index (κ1) is 13.8. The van der Waals surface area contributed by atoms with Crippen molar-refractivity contribution in [3.05, 3.63) is 39.7 Å². The lowest BCUT2D eigenvalue weighted by atomic mass is 10.2. The summed E-state index contributed by atoms with van der Waals surface area (Å²) in [6.45, 7) is 1.97. The molecule has 0 aromatic carbocycles. The fourth-order valence-corrected chi connectivity index (χ4v) is 1.74. The number of hydrogen-bond acceptors (Lipinski definition) is 7. The summed E-state index contributed by atoms with van der Waals surface area (Å²) in [4.78, 5) is 22.8. The lowest BCUT2D eigenvalue weighted by Gasteiger charge is -2.04. The van der Waals surface area contributed by atoms with Gasteiger partial charge in [0.2, 0.25) is 5.43 Å². The number of aromatic nitrogens is 3. The third-order valence-corrected chi connectivity index (χ3v) is 2.72. The van der Waals surface area contributed by atoms with Crippen molar-refractivity contribution in [1.82, 2.24) is 15.0 Å². The lowest BCUT2D eigenvalue weighted by Crippen LogP contribution is -2.11. The highest BCUT2D eigenvalue weighted by molar-refractivity contribution is 5.88. The van der Waals surface area contributed by atoms with E-state index in [0.29, 0.717) is 17.9 Å². The van der Waals surface area contributed by atoms with E-state index in [2.05, 4.69) is 15.0 Å². The van der Waals surface area contributed by atoms with Crippen molar-refractivity contribution in [3.8, 4) is 5.75 Å². The highest BCUT2D eigenvalue weighted by Gasteiger charge is 2.19. The number of ether oxygens (including phenoxy) is 1. The smallest absolute Gasteiger partial charge is 0.360 e. The summed E-state index contributed by atoms with van der Waals surface area (Å²) in [6.07, 6.45) is 1.47. The van der Waals surface area contributed by atoms with Gasteiger partial charge >= 0.3 is 5.97 Å². The summed E-state index contributed by atoms with van der Waals surface area (Å²) < 4.78 is 11.1. The van der Waals surface area contributed by atoms with Gasteiger partial charge in [0.05, 0.1) is 12.8 Å². The third-order valence-electron chi connectivity index (χ3n) is 2.72. The summed E-state index contributed by atoms with van der Waals surface area (Å²) in [7, 11) is 1.26. The van der Waals surface area contributed by atoms with Gasteiger partial charge in [-0.25, -0.2) is 9.48 Å². The molecule has 0 saturated heterocycles. The number of rotatable bonds is 4. The van der Waals surface area contributed by atoms with Gasteiger partial charge in [-0.15, -0.1) is 5.10 Å². The number of carbonyl (C=O) groups is 1. The molecule has 0 atom stereocenters. The van der Waals surface area contributed by atoms with Crippen molar-refractivity contribution < 1.29 is 19.1 Å². The number of aromatic hydroxyl groups is 1. The Balaban J connectivity index is 2.34. The Morgan fingerprint density at radius 2 is 2.30 bits per heavy atom. The van der Waals surface area contributed by atoms with E-state index in [1.54, 1.807) is 0 Å². The average Bonchev–Trinajstić information content (AvgIpc) is 2.84. The summed E-state index contributed by atoms with van der Waals surface area (Å²) in [5.41, 5.74) is 0.168. The van der Waals surface area contributed by atoms with Crippen molar-refractivity contribution in [2.24, 2.45) is 0 Å². The second kappa shape index (κ2) is 5.55. The number of nitrogens with zero attached hydrogens (tertiary/aromatic N) is 3. The van der Waals surface area contributed by atoms with Crippen molar-refractivity contribution in [1.29, 1.82) is 0 Å². The maximum Gasteiger partial charge on any atom is 0.360 e. The highest BCUT2D eigenvalue weighted by atomic mass is 16.5. The van der Waals surface area contributed by atoms with E-state index in [-0.39, 0.29) is 12.2 Å². The van der Waals surface area contributed by atoms with Crippen LogP contribution in [0.4, 0.5) is 0 Å². The van der Waals surface area contributed by atoms with E-state index >= 15 is 0 Å². The van der Waals surface area contributed by atoms with E-state index in [9.17, 15) is 9.59 Å². The summed E-state index contributed by atoms with van der Waals surface area (Å²) in [5.74, 6) is -0.734. The Labute approximate surface area is 113 Å². The zero-order valence-electron chi connectivity index (χ0n) is 11.0. The molecule has 2 rings (SSSR count). The quantitative estimate of drug-likeness (QED) is 0.803. The molecule has 8 heteroatoms. The Hall–Kier alpha value is -2.64. The second-order valence-electron chi connectivity index (χ2n) is 3.98. The average molecular weight is 279 g/mol. The molecular weight excluding hydrogens is 266 g/mol. The molecule has 8 nitrogen and oxygen atoms in total. The van der Waals surface area contributed by atoms with E-state index < -0.39 is 17.1 Å². The predicted molar refractivity (Wildman–Crippen MR) is 66.5 cm³/mol. The van der Waals surface area contributed by atoms with Gasteiger partial charge in [-0.3, -0.25) is 4.79 Å². The zero-order valence-corrected chi connectivity index (χ0v) is 11.0. The minimum atomic E-state index is -0.569. The van der Waals surface area contributed by atoms with E-state index in [1.165, 1.54) is 11.8 Å². The summed E-state index contributed by atoms with van der Waals surface area (Å²) >= 11 is 0. The molecule has 0 aliphatic rings.